The molecule has 0 saturated carbocycles. The first-order chi connectivity index (χ1) is 6.49. The molecule has 0 amide bonds. The van der Waals surface area contributed by atoms with Gasteiger partial charge in [0.15, 0.2) is 5.78 Å². The first kappa shape index (κ1) is 12.6. The van der Waals surface area contributed by atoms with Crippen LogP contribution in [0, 0.1) is 5.41 Å². The van der Waals surface area contributed by atoms with Crippen molar-refractivity contribution < 1.29 is 9.90 Å². The highest BCUT2D eigenvalue weighted by atomic mass is 16.3. The fraction of sp³-hybridized carbons (Fsp3) is 0.400. The molecule has 0 atom stereocenters. The van der Waals surface area contributed by atoms with Crippen molar-refractivity contribution in [2.75, 3.05) is 13.2 Å². The summed E-state index contributed by atoms with van der Waals surface area (Å²) in [6, 6.07) is 0. The van der Waals surface area contributed by atoms with Gasteiger partial charge in [0.05, 0.1) is 18.0 Å². The van der Waals surface area contributed by atoms with E-state index in [2.05, 4.69) is 11.9 Å². The first-order valence-corrected chi connectivity index (χ1v) is 4.30. The fourth-order valence-electron chi connectivity index (χ4n) is 0.707. The van der Waals surface area contributed by atoms with Gasteiger partial charge in [-0.05, 0) is 25.5 Å². The number of hydrogen-bond donors (Lipinski definition) is 3. The molecule has 0 spiro atoms. The minimum atomic E-state index is -0.0651. The van der Waals surface area contributed by atoms with Crippen LogP contribution < -0.4 is 5.32 Å². The normalized spacial score (nSPS) is 10.9. The molecule has 3 N–H and O–H groups in total. The Morgan fingerprint density at radius 3 is 2.57 bits per heavy atom. The summed E-state index contributed by atoms with van der Waals surface area (Å²) in [5, 5.41) is 18.8. The van der Waals surface area contributed by atoms with E-state index in [1.807, 2.05) is 0 Å². The van der Waals surface area contributed by atoms with Gasteiger partial charge in [-0.1, -0.05) is 6.58 Å². The smallest absolute Gasteiger partial charge is 0.155 e. The van der Waals surface area contributed by atoms with Crippen LogP contribution in [0.3, 0.4) is 0 Å². The Kier molecular flexibility index (Phi) is 5.48. The number of Topliss-reactive ketones (excluding diaryl/α,β-unsaturated/α-hetero) is 1. The fourth-order valence-corrected chi connectivity index (χ4v) is 0.707. The molecule has 0 aromatic carbocycles. The van der Waals surface area contributed by atoms with E-state index in [0.717, 1.165) is 0 Å². The minimum absolute atomic E-state index is 0.0122. The standard InChI is InChI=1S/C10H16N2O2/c1-7(9(3)14)6-10(11)8(2)12-4-5-13/h6,11-13H,2,4-5H2,1,3H3/b7-6-,11-10?. The van der Waals surface area contributed by atoms with Crippen molar-refractivity contribution in [3.63, 3.8) is 0 Å². The van der Waals surface area contributed by atoms with E-state index in [9.17, 15) is 4.79 Å². The van der Waals surface area contributed by atoms with Crippen molar-refractivity contribution in [2.45, 2.75) is 13.8 Å². The molecule has 0 bridgehead atoms. The maximum atomic E-state index is 10.9. The van der Waals surface area contributed by atoms with Crippen molar-refractivity contribution in [1.82, 2.24) is 5.32 Å². The van der Waals surface area contributed by atoms with Gasteiger partial charge in [-0.25, -0.2) is 0 Å². The van der Waals surface area contributed by atoms with Crippen LogP contribution in [0.4, 0.5) is 0 Å². The van der Waals surface area contributed by atoms with E-state index in [0.29, 0.717) is 17.8 Å². The summed E-state index contributed by atoms with van der Waals surface area (Å²) in [5.74, 6) is -0.0651. The topological polar surface area (TPSA) is 73.2 Å². The van der Waals surface area contributed by atoms with Gasteiger partial charge in [-0.2, -0.15) is 0 Å². The number of ketones is 1. The second-order valence-electron chi connectivity index (χ2n) is 2.93. The number of nitrogens with one attached hydrogen (secondary N) is 2. The zero-order valence-corrected chi connectivity index (χ0v) is 8.55. The molecule has 4 nitrogen and oxygen atoms in total. The monoisotopic (exact) mass is 196 g/mol. The maximum absolute atomic E-state index is 10.9. The molecule has 0 aliphatic heterocycles. The van der Waals surface area contributed by atoms with Gasteiger partial charge < -0.3 is 10.4 Å². The average Bonchev–Trinajstić information content (AvgIpc) is 2.13. The Balaban J connectivity index is 4.27. The van der Waals surface area contributed by atoms with Crippen LogP contribution in [0.5, 0.6) is 0 Å². The highest BCUT2D eigenvalue weighted by Gasteiger charge is 2.01. The second kappa shape index (κ2) is 6.10. The number of carbonyl (C=O) groups is 1. The van der Waals surface area contributed by atoms with E-state index in [4.69, 9.17) is 10.5 Å². The molecule has 0 aromatic heterocycles. The molecule has 0 aliphatic carbocycles. The molecule has 0 unspecified atom stereocenters. The first-order valence-electron chi connectivity index (χ1n) is 4.30. The predicted molar refractivity (Wildman–Crippen MR) is 56.4 cm³/mol. The summed E-state index contributed by atoms with van der Waals surface area (Å²) in [4.78, 5) is 10.9. The summed E-state index contributed by atoms with van der Waals surface area (Å²) in [7, 11) is 0. The molecule has 0 saturated heterocycles. The van der Waals surface area contributed by atoms with Gasteiger partial charge in [0, 0.05) is 6.54 Å². The lowest BCUT2D eigenvalue weighted by molar-refractivity contribution is -0.113. The highest BCUT2D eigenvalue weighted by molar-refractivity contribution is 6.09. The quantitative estimate of drug-likeness (QED) is 0.431. The Labute approximate surface area is 83.8 Å². The van der Waals surface area contributed by atoms with Crippen molar-refractivity contribution in [1.29, 1.82) is 5.41 Å². The van der Waals surface area contributed by atoms with E-state index >= 15 is 0 Å². The van der Waals surface area contributed by atoms with Crippen LogP contribution in [0.15, 0.2) is 23.9 Å². The Bertz CT molecular complexity index is 280. The van der Waals surface area contributed by atoms with Gasteiger partial charge in [-0.15, -0.1) is 0 Å². The third kappa shape index (κ3) is 4.57. The van der Waals surface area contributed by atoms with Crippen LogP contribution in [0.25, 0.3) is 0 Å². The predicted octanol–water partition coefficient (Wildman–Crippen LogP) is 0.637. The molecular formula is C10H16N2O2. The van der Waals surface area contributed by atoms with E-state index in [1.54, 1.807) is 6.92 Å². The SMILES string of the molecule is C=C(NCCO)C(=N)/C=C(/C)C(C)=O. The van der Waals surface area contributed by atoms with Crippen LogP contribution in [-0.4, -0.2) is 29.8 Å². The lowest BCUT2D eigenvalue weighted by Gasteiger charge is -2.06. The van der Waals surface area contributed by atoms with Crippen molar-refractivity contribution in [2.24, 2.45) is 0 Å². The Morgan fingerprint density at radius 1 is 1.57 bits per heavy atom. The Hall–Kier alpha value is -1.42. The number of carbonyl (C=O) groups excluding carboxylic acids is 1. The average molecular weight is 196 g/mol. The molecule has 0 aromatic rings. The van der Waals surface area contributed by atoms with Crippen molar-refractivity contribution in [3.05, 3.63) is 23.9 Å². The van der Waals surface area contributed by atoms with Gasteiger partial charge in [0.25, 0.3) is 0 Å². The summed E-state index contributed by atoms with van der Waals surface area (Å²) in [5.41, 5.74) is 1.08. The molecule has 4 heteroatoms. The summed E-state index contributed by atoms with van der Waals surface area (Å²) >= 11 is 0. The summed E-state index contributed by atoms with van der Waals surface area (Å²) in [6.07, 6.45) is 1.45. The van der Waals surface area contributed by atoms with Crippen molar-refractivity contribution >= 4 is 11.5 Å². The van der Waals surface area contributed by atoms with Crippen LogP contribution in [-0.2, 0) is 4.79 Å². The van der Waals surface area contributed by atoms with Crippen LogP contribution >= 0.6 is 0 Å². The molecular weight excluding hydrogens is 180 g/mol. The molecule has 0 heterocycles. The van der Waals surface area contributed by atoms with E-state index < -0.39 is 0 Å². The molecule has 0 rings (SSSR count). The second-order valence-corrected chi connectivity index (χ2v) is 2.93. The van der Waals surface area contributed by atoms with Crippen LogP contribution in [0.2, 0.25) is 0 Å². The minimum Gasteiger partial charge on any atom is -0.395 e. The zero-order valence-electron chi connectivity index (χ0n) is 8.55. The summed E-state index contributed by atoms with van der Waals surface area (Å²) in [6.45, 7) is 7.04. The lowest BCUT2D eigenvalue weighted by Crippen LogP contribution is -2.21. The van der Waals surface area contributed by atoms with Gasteiger partial charge in [0.2, 0.25) is 0 Å². The largest absolute Gasteiger partial charge is 0.395 e. The maximum Gasteiger partial charge on any atom is 0.155 e. The van der Waals surface area contributed by atoms with Crippen LogP contribution in [0.1, 0.15) is 13.8 Å². The number of allylic oxidation sites excluding steroid dienone is 2. The molecule has 78 valence electrons. The number of aliphatic hydroxyl groups excluding tert-OH is 1. The number of hydrogen-bond acceptors (Lipinski definition) is 4. The lowest BCUT2D eigenvalue weighted by atomic mass is 10.1. The van der Waals surface area contributed by atoms with Gasteiger partial charge in [0.1, 0.15) is 0 Å². The van der Waals surface area contributed by atoms with E-state index in [-0.39, 0.29) is 18.1 Å². The molecule has 0 aliphatic rings. The van der Waals surface area contributed by atoms with Gasteiger partial charge in [-0.3, -0.25) is 10.2 Å². The van der Waals surface area contributed by atoms with Gasteiger partial charge >= 0.3 is 0 Å². The number of aliphatic hydroxyl groups is 1. The summed E-state index contributed by atoms with van der Waals surface area (Å²) < 4.78 is 0. The molecule has 0 radical (unpaired) electrons. The molecule has 0 fully saturated rings. The highest BCUT2D eigenvalue weighted by Crippen LogP contribution is 1.98. The molecule has 14 heavy (non-hydrogen) atoms. The zero-order chi connectivity index (χ0) is 11.1. The third-order valence-electron chi connectivity index (χ3n) is 1.69. The third-order valence-corrected chi connectivity index (χ3v) is 1.69. The van der Waals surface area contributed by atoms with Crippen molar-refractivity contribution in [3.8, 4) is 0 Å². The Morgan fingerprint density at radius 2 is 2.14 bits per heavy atom. The van der Waals surface area contributed by atoms with E-state index in [1.165, 1.54) is 13.0 Å². The number of rotatable bonds is 6.